The highest BCUT2D eigenvalue weighted by Gasteiger charge is 2.50. The molecule has 32 heavy (non-hydrogen) atoms. The van der Waals surface area contributed by atoms with Crippen LogP contribution in [-0.4, -0.2) is 41.7 Å². The number of carbonyl (C=O) groups is 1. The van der Waals surface area contributed by atoms with Crippen molar-refractivity contribution in [3.63, 3.8) is 0 Å². The molecular weight excluding hydrogens is 403 g/mol. The van der Waals surface area contributed by atoms with E-state index >= 15 is 0 Å². The highest BCUT2D eigenvalue weighted by Crippen LogP contribution is 2.46. The normalized spacial score (nSPS) is 31.5. The van der Waals surface area contributed by atoms with Gasteiger partial charge in [0.25, 0.3) is 5.91 Å². The van der Waals surface area contributed by atoms with Crippen molar-refractivity contribution >= 4 is 5.91 Å². The van der Waals surface area contributed by atoms with Crippen LogP contribution in [0, 0.1) is 23.7 Å². The zero-order valence-corrected chi connectivity index (χ0v) is 18.5. The van der Waals surface area contributed by atoms with Crippen LogP contribution in [0.4, 0.5) is 4.39 Å². The summed E-state index contributed by atoms with van der Waals surface area (Å²) in [5, 5.41) is 14.7. The number of halogens is 1. The number of fused-ring (bicyclic) bond motifs is 2. The summed E-state index contributed by atoms with van der Waals surface area (Å²) in [6.45, 7) is 3.68. The SMILES string of the molecule is O=C(NCC1[C@@H]2C[C@H]1CN(Cc1ccccc1)C2)[C@](O)(c1ccccc1)C1CCC(F)C1. The molecule has 0 radical (unpaired) electrons. The minimum Gasteiger partial charge on any atom is -0.375 e. The van der Waals surface area contributed by atoms with E-state index < -0.39 is 11.8 Å². The third-order valence-corrected chi connectivity index (χ3v) is 8.07. The number of alkyl halides is 1. The predicted octanol–water partition coefficient (Wildman–Crippen LogP) is 3.90. The minimum absolute atomic E-state index is 0.238. The predicted molar refractivity (Wildman–Crippen MR) is 122 cm³/mol. The van der Waals surface area contributed by atoms with Crippen molar-refractivity contribution in [2.45, 2.75) is 44.0 Å². The second-order valence-electron chi connectivity index (χ2n) is 10.0. The van der Waals surface area contributed by atoms with Gasteiger partial charge in [0.2, 0.25) is 0 Å². The lowest BCUT2D eigenvalue weighted by atomic mass is 9.61. The average molecular weight is 437 g/mol. The molecule has 2 aromatic rings. The molecule has 6 rings (SSSR count). The molecule has 1 amide bonds. The summed E-state index contributed by atoms with van der Waals surface area (Å²) in [5.74, 6) is 0.883. The van der Waals surface area contributed by atoms with E-state index in [-0.39, 0.29) is 18.2 Å². The molecule has 170 valence electrons. The Morgan fingerprint density at radius 1 is 1.00 bits per heavy atom. The van der Waals surface area contributed by atoms with Gasteiger partial charge in [-0.15, -0.1) is 0 Å². The minimum atomic E-state index is -1.67. The van der Waals surface area contributed by atoms with Crippen molar-refractivity contribution in [3.05, 3.63) is 71.8 Å². The van der Waals surface area contributed by atoms with Crippen LogP contribution in [0.3, 0.4) is 0 Å². The van der Waals surface area contributed by atoms with Gasteiger partial charge in [0, 0.05) is 32.1 Å². The van der Waals surface area contributed by atoms with Gasteiger partial charge in [0.15, 0.2) is 5.60 Å². The van der Waals surface area contributed by atoms with Gasteiger partial charge >= 0.3 is 0 Å². The van der Waals surface area contributed by atoms with E-state index in [1.165, 1.54) is 12.0 Å². The number of benzene rings is 2. The van der Waals surface area contributed by atoms with E-state index in [1.807, 2.05) is 24.3 Å². The van der Waals surface area contributed by atoms with Gasteiger partial charge in [-0.25, -0.2) is 4.39 Å². The van der Waals surface area contributed by atoms with Crippen LogP contribution < -0.4 is 5.32 Å². The molecule has 2 aromatic carbocycles. The van der Waals surface area contributed by atoms with Gasteiger partial charge in [-0.05, 0) is 54.6 Å². The maximum absolute atomic E-state index is 14.0. The first-order chi connectivity index (χ1) is 15.5. The van der Waals surface area contributed by atoms with Crippen molar-refractivity contribution in [2.24, 2.45) is 23.7 Å². The van der Waals surface area contributed by atoms with Crippen molar-refractivity contribution in [1.29, 1.82) is 0 Å². The molecule has 2 saturated heterocycles. The highest BCUT2D eigenvalue weighted by molar-refractivity contribution is 5.86. The van der Waals surface area contributed by atoms with Crippen LogP contribution >= 0.6 is 0 Å². The number of rotatable bonds is 7. The van der Waals surface area contributed by atoms with Gasteiger partial charge in [-0.1, -0.05) is 60.7 Å². The van der Waals surface area contributed by atoms with E-state index in [2.05, 4.69) is 34.5 Å². The van der Waals surface area contributed by atoms with Crippen molar-refractivity contribution in [3.8, 4) is 0 Å². The lowest BCUT2D eigenvalue weighted by molar-refractivity contribution is -0.149. The molecule has 2 N–H and O–H groups in total. The molecule has 4 nitrogen and oxygen atoms in total. The van der Waals surface area contributed by atoms with Gasteiger partial charge in [0.05, 0.1) is 0 Å². The Bertz CT molecular complexity index is 912. The van der Waals surface area contributed by atoms with Crippen LogP contribution in [0.25, 0.3) is 0 Å². The average Bonchev–Trinajstić information content (AvgIpc) is 3.26. The third kappa shape index (κ3) is 4.08. The summed E-state index contributed by atoms with van der Waals surface area (Å²) in [6, 6.07) is 19.6. The second-order valence-corrected chi connectivity index (χ2v) is 10.0. The van der Waals surface area contributed by atoms with Gasteiger partial charge in [-0.2, -0.15) is 0 Å². The lowest BCUT2D eigenvalue weighted by Crippen LogP contribution is -2.59. The number of carbonyl (C=O) groups excluding carboxylic acids is 1. The van der Waals surface area contributed by atoms with Crippen LogP contribution in [0.15, 0.2) is 60.7 Å². The Morgan fingerprint density at radius 2 is 1.66 bits per heavy atom. The topological polar surface area (TPSA) is 52.6 Å². The van der Waals surface area contributed by atoms with Crippen molar-refractivity contribution in [2.75, 3.05) is 19.6 Å². The van der Waals surface area contributed by atoms with Crippen LogP contribution in [0.1, 0.15) is 36.8 Å². The first-order valence-electron chi connectivity index (χ1n) is 12.0. The number of amides is 1. The number of hydrogen-bond donors (Lipinski definition) is 2. The summed E-state index contributed by atoms with van der Waals surface area (Å²) >= 11 is 0. The number of hydrogen-bond acceptors (Lipinski definition) is 3. The Morgan fingerprint density at radius 3 is 2.28 bits per heavy atom. The molecule has 0 aromatic heterocycles. The molecule has 5 heteroatoms. The standard InChI is InChI=1S/C27H33FN2O2/c28-24-12-11-23(14-24)27(32,22-9-5-2-6-10-22)26(31)29-15-25-20-13-21(25)18-30(17-20)16-19-7-3-1-4-8-19/h1-10,20-21,23-25,32H,11-18H2,(H,29,31)/t20-,21+,23?,24?,25?,27-/m0/s1. The Balaban J connectivity index is 1.21. The third-order valence-electron chi connectivity index (χ3n) is 8.07. The maximum atomic E-state index is 14.0. The molecule has 3 unspecified atom stereocenters. The molecule has 2 aliphatic carbocycles. The monoisotopic (exact) mass is 436 g/mol. The summed E-state index contributed by atoms with van der Waals surface area (Å²) in [6.07, 6.45) is 1.47. The molecule has 4 fully saturated rings. The van der Waals surface area contributed by atoms with Gasteiger partial charge in [-0.3, -0.25) is 9.69 Å². The molecule has 2 heterocycles. The summed E-state index contributed by atoms with van der Waals surface area (Å²) in [5.41, 5.74) is 0.245. The molecule has 4 aliphatic rings. The molecule has 2 bridgehead atoms. The zero-order valence-electron chi connectivity index (χ0n) is 18.5. The van der Waals surface area contributed by atoms with E-state index in [1.54, 1.807) is 12.1 Å². The quantitative estimate of drug-likeness (QED) is 0.692. The fourth-order valence-electron chi connectivity index (χ4n) is 6.28. The van der Waals surface area contributed by atoms with E-state index in [0.29, 0.717) is 42.7 Å². The number of aliphatic hydroxyl groups is 1. The molecular formula is C27H33FN2O2. The Labute approximate surface area is 189 Å². The molecule has 0 spiro atoms. The fraction of sp³-hybridized carbons (Fsp3) is 0.519. The highest BCUT2D eigenvalue weighted by atomic mass is 19.1. The first kappa shape index (κ1) is 21.6. The second kappa shape index (κ2) is 8.95. The number of nitrogens with zero attached hydrogens (tertiary/aromatic N) is 1. The summed E-state index contributed by atoms with van der Waals surface area (Å²) in [4.78, 5) is 15.9. The van der Waals surface area contributed by atoms with Crippen LogP contribution in [-0.2, 0) is 16.9 Å². The van der Waals surface area contributed by atoms with E-state index in [9.17, 15) is 14.3 Å². The Kier molecular flexibility index (Phi) is 6.04. The van der Waals surface area contributed by atoms with Crippen molar-refractivity contribution in [1.82, 2.24) is 10.2 Å². The largest absolute Gasteiger partial charge is 0.375 e. The van der Waals surface area contributed by atoms with Crippen molar-refractivity contribution < 1.29 is 14.3 Å². The van der Waals surface area contributed by atoms with Gasteiger partial charge < -0.3 is 10.4 Å². The lowest BCUT2D eigenvalue weighted by Gasteiger charge is -2.54. The van der Waals surface area contributed by atoms with E-state index in [0.717, 1.165) is 19.6 Å². The van der Waals surface area contributed by atoms with E-state index in [4.69, 9.17) is 0 Å². The fourth-order valence-corrected chi connectivity index (χ4v) is 6.28. The summed E-state index contributed by atoms with van der Waals surface area (Å²) in [7, 11) is 0. The molecule has 2 aliphatic heterocycles. The zero-order chi connectivity index (χ0) is 22.1. The first-order valence-corrected chi connectivity index (χ1v) is 12.0. The number of piperidine rings is 2. The smallest absolute Gasteiger partial charge is 0.256 e. The Hall–Kier alpha value is -2.24. The maximum Gasteiger partial charge on any atom is 0.256 e. The van der Waals surface area contributed by atoms with Crippen LogP contribution in [0.5, 0.6) is 0 Å². The van der Waals surface area contributed by atoms with Gasteiger partial charge in [0.1, 0.15) is 6.17 Å². The summed E-state index contributed by atoms with van der Waals surface area (Å²) < 4.78 is 14.0. The molecule has 2 saturated carbocycles. The molecule has 6 atom stereocenters. The number of nitrogens with one attached hydrogen (secondary N) is 1. The van der Waals surface area contributed by atoms with Crippen LogP contribution in [0.2, 0.25) is 0 Å².